The van der Waals surface area contributed by atoms with Gasteiger partial charge >= 0.3 is 0 Å². The van der Waals surface area contributed by atoms with Crippen LogP contribution in [-0.2, 0) is 0 Å². The predicted octanol–water partition coefficient (Wildman–Crippen LogP) is 2.52. The monoisotopic (exact) mass is 384 g/mol. The van der Waals surface area contributed by atoms with E-state index in [4.69, 9.17) is 14.6 Å². The zero-order chi connectivity index (χ0) is 17.1. The van der Waals surface area contributed by atoms with Crippen LogP contribution in [-0.4, -0.2) is 39.9 Å². The van der Waals surface area contributed by atoms with Gasteiger partial charge < -0.3 is 14.4 Å². The third kappa shape index (κ3) is 3.18. The Kier molecular flexibility index (Phi) is 5.19. The van der Waals surface area contributed by atoms with E-state index >= 15 is 0 Å². The van der Waals surface area contributed by atoms with E-state index in [1.54, 1.807) is 14.2 Å². The first-order chi connectivity index (χ1) is 11.7. The lowest BCUT2D eigenvalue weighted by Gasteiger charge is -2.25. The van der Waals surface area contributed by atoms with Gasteiger partial charge in [-0.3, -0.25) is 0 Å². The van der Waals surface area contributed by atoms with E-state index in [1.807, 2.05) is 24.3 Å². The molecule has 1 unspecified atom stereocenters. The maximum absolute atomic E-state index is 5.62. The van der Waals surface area contributed by atoms with E-state index in [1.165, 1.54) is 0 Å². The molecule has 1 aliphatic heterocycles. The molecule has 1 atom stereocenters. The third-order valence-electron chi connectivity index (χ3n) is 4.29. The summed E-state index contributed by atoms with van der Waals surface area (Å²) in [6.07, 6.45) is 0.846. The smallest absolute Gasteiger partial charge is 0.217 e. The van der Waals surface area contributed by atoms with Crippen molar-refractivity contribution >= 4 is 36.7 Å². The van der Waals surface area contributed by atoms with Crippen LogP contribution in [0.4, 0.5) is 0 Å². The van der Waals surface area contributed by atoms with Crippen LogP contribution in [0.1, 0.15) is 23.6 Å². The van der Waals surface area contributed by atoms with Crippen molar-refractivity contribution in [3.05, 3.63) is 58.1 Å². The van der Waals surface area contributed by atoms with Gasteiger partial charge in [0, 0.05) is 16.5 Å². The summed E-state index contributed by atoms with van der Waals surface area (Å²) >= 11 is 3.48. The third-order valence-corrected chi connectivity index (χ3v) is 4.82. The summed E-state index contributed by atoms with van der Waals surface area (Å²) in [5.41, 5.74) is 3.36. The van der Waals surface area contributed by atoms with E-state index in [2.05, 4.69) is 46.8 Å². The minimum absolute atomic E-state index is 0.152. The van der Waals surface area contributed by atoms with E-state index in [9.17, 15) is 0 Å². The molecule has 3 rings (SSSR count). The summed E-state index contributed by atoms with van der Waals surface area (Å²) in [6, 6.07) is 14.5. The first-order valence-electron chi connectivity index (χ1n) is 7.98. The Morgan fingerprint density at radius 2 is 1.92 bits per heavy atom. The molecule has 2 aromatic rings. The van der Waals surface area contributed by atoms with Gasteiger partial charge in [-0.2, -0.15) is 5.10 Å². The highest BCUT2D eigenvalue weighted by atomic mass is 79.9. The molecule has 122 valence electrons. The molecule has 4 nitrogen and oxygen atoms in total. The number of methoxy groups -OCH3 is 2. The Balaban J connectivity index is 1.95. The molecule has 7 heteroatoms. The average molecular weight is 385 g/mol. The topological polar surface area (TPSA) is 34.1 Å². The second-order valence-electron chi connectivity index (χ2n) is 5.61. The number of hydrogen-bond donors (Lipinski definition) is 0. The summed E-state index contributed by atoms with van der Waals surface area (Å²) in [5, 5.41) is 4.83. The molecule has 0 bridgehead atoms. The maximum Gasteiger partial charge on any atom is 0.217 e. The van der Waals surface area contributed by atoms with Crippen molar-refractivity contribution in [2.24, 2.45) is 5.10 Å². The predicted molar refractivity (Wildman–Crippen MR) is 105 cm³/mol. The molecule has 2 aromatic carbocycles. The molecular weight excluding hydrogens is 366 g/mol. The van der Waals surface area contributed by atoms with Crippen LogP contribution in [0.25, 0.3) is 0 Å². The van der Waals surface area contributed by atoms with Gasteiger partial charge in [-0.05, 0) is 23.8 Å². The summed E-state index contributed by atoms with van der Waals surface area (Å²) < 4.78 is 12.1. The maximum atomic E-state index is 5.62. The second-order valence-corrected chi connectivity index (χ2v) is 6.53. The van der Waals surface area contributed by atoms with Gasteiger partial charge in [0.25, 0.3) is 0 Å². The number of para-hydroxylation sites is 1. The van der Waals surface area contributed by atoms with E-state index in [0.29, 0.717) is 0 Å². The zero-order valence-corrected chi connectivity index (χ0v) is 15.7. The van der Waals surface area contributed by atoms with Crippen molar-refractivity contribution in [3.63, 3.8) is 0 Å². The fraction of sp³-hybridized carbons (Fsp3) is 0.235. The standard InChI is InChI=1S/C17H19B2BrN2O2/c1-23-16-5-3-4-13(17(16)24-2)15-10-14(21-22(15)19-18)11-6-8-12(20)9-7-11/h3-9,15,19H,10,18H2,1-2H3. The van der Waals surface area contributed by atoms with Gasteiger partial charge in [-0.25, -0.2) is 0 Å². The van der Waals surface area contributed by atoms with Crippen molar-refractivity contribution in [1.29, 1.82) is 0 Å². The molecule has 0 fully saturated rings. The number of hydrogen-bond acceptors (Lipinski definition) is 4. The SMILES string of the molecule is BBN1N=C(c2ccc(Br)cc2)CC1c1cccc(OC)c1OC. The Morgan fingerprint density at radius 3 is 2.54 bits per heavy atom. The van der Waals surface area contributed by atoms with Gasteiger partial charge in [0.1, 0.15) is 0 Å². The van der Waals surface area contributed by atoms with E-state index in [-0.39, 0.29) is 6.04 Å². The quantitative estimate of drug-likeness (QED) is 0.743. The van der Waals surface area contributed by atoms with Crippen molar-refractivity contribution in [2.45, 2.75) is 12.5 Å². The minimum Gasteiger partial charge on any atom is -0.493 e. The van der Waals surface area contributed by atoms with Gasteiger partial charge in [0.05, 0.1) is 33.7 Å². The van der Waals surface area contributed by atoms with Crippen LogP contribution < -0.4 is 9.47 Å². The molecule has 0 N–H and O–H groups in total. The fourth-order valence-electron chi connectivity index (χ4n) is 3.11. The van der Waals surface area contributed by atoms with Gasteiger partial charge in [-0.1, -0.05) is 40.2 Å². The van der Waals surface area contributed by atoms with Gasteiger partial charge in [0.15, 0.2) is 11.5 Å². The number of halogens is 1. The van der Waals surface area contributed by atoms with E-state index in [0.717, 1.165) is 46.5 Å². The number of ether oxygens (including phenoxy) is 2. The Morgan fingerprint density at radius 1 is 1.17 bits per heavy atom. The largest absolute Gasteiger partial charge is 0.493 e. The van der Waals surface area contributed by atoms with Crippen molar-refractivity contribution in [3.8, 4) is 11.5 Å². The number of benzene rings is 2. The van der Waals surface area contributed by atoms with Gasteiger partial charge in [-0.15, -0.1) is 0 Å². The first-order valence-corrected chi connectivity index (χ1v) is 8.78. The Hall–Kier alpha value is -1.88. The van der Waals surface area contributed by atoms with Crippen LogP contribution in [0.2, 0.25) is 0 Å². The van der Waals surface area contributed by atoms with Crippen molar-refractivity contribution < 1.29 is 9.47 Å². The summed E-state index contributed by atoms with van der Waals surface area (Å²) in [6.45, 7) is 0. The molecule has 0 aliphatic carbocycles. The molecule has 0 aromatic heterocycles. The highest BCUT2D eigenvalue weighted by Crippen LogP contribution is 2.41. The fourth-order valence-corrected chi connectivity index (χ4v) is 3.37. The van der Waals surface area contributed by atoms with Crippen LogP contribution in [0.15, 0.2) is 52.0 Å². The normalized spacial score (nSPS) is 16.7. The number of nitrogens with zero attached hydrogens (tertiary/aromatic N) is 2. The highest BCUT2D eigenvalue weighted by molar-refractivity contribution is 9.10. The first kappa shape index (κ1) is 17.0. The molecule has 0 radical (unpaired) electrons. The number of hydrazone groups is 1. The molecule has 0 saturated carbocycles. The lowest BCUT2D eigenvalue weighted by atomic mass is 9.65. The minimum atomic E-state index is 0.152. The summed E-state index contributed by atoms with van der Waals surface area (Å²) in [7, 11) is 6.30. The second kappa shape index (κ2) is 7.34. The van der Waals surface area contributed by atoms with Crippen LogP contribution in [0.5, 0.6) is 11.5 Å². The van der Waals surface area contributed by atoms with Gasteiger partial charge in [0.2, 0.25) is 7.31 Å². The zero-order valence-electron chi connectivity index (χ0n) is 14.1. The molecule has 0 spiro atoms. The molecule has 1 aliphatic rings. The lowest BCUT2D eigenvalue weighted by molar-refractivity contribution is 0.333. The summed E-state index contributed by atoms with van der Waals surface area (Å²) in [5.74, 6) is 1.54. The molecule has 0 saturated heterocycles. The van der Waals surface area contributed by atoms with Crippen LogP contribution >= 0.6 is 15.9 Å². The molecular formula is C17H19B2BrN2O2. The Labute approximate surface area is 152 Å². The number of rotatable bonds is 5. The highest BCUT2D eigenvalue weighted by Gasteiger charge is 2.30. The summed E-state index contributed by atoms with van der Waals surface area (Å²) in [4.78, 5) is 2.12. The Bertz CT molecular complexity index is 753. The molecule has 24 heavy (non-hydrogen) atoms. The van der Waals surface area contributed by atoms with Crippen LogP contribution in [0, 0.1) is 0 Å². The average Bonchev–Trinajstić information content (AvgIpc) is 3.05. The molecule has 1 heterocycles. The van der Waals surface area contributed by atoms with Crippen molar-refractivity contribution in [1.82, 2.24) is 4.92 Å². The lowest BCUT2D eigenvalue weighted by Crippen LogP contribution is -2.24. The van der Waals surface area contributed by atoms with Crippen LogP contribution in [0.3, 0.4) is 0 Å². The van der Waals surface area contributed by atoms with Crippen molar-refractivity contribution in [2.75, 3.05) is 14.2 Å². The molecule has 0 amide bonds. The van der Waals surface area contributed by atoms with E-state index < -0.39 is 0 Å².